The van der Waals surface area contributed by atoms with E-state index in [9.17, 15) is 4.79 Å². The fourth-order valence-corrected chi connectivity index (χ4v) is 2.29. The van der Waals surface area contributed by atoms with Crippen LogP contribution in [0.5, 0.6) is 11.5 Å². The maximum absolute atomic E-state index is 12.1. The second kappa shape index (κ2) is 10.0. The average molecular weight is 367 g/mol. The molecule has 0 aliphatic heterocycles. The van der Waals surface area contributed by atoms with Gasteiger partial charge < -0.3 is 19.7 Å². The Bertz CT molecular complexity index is 816. The number of nitrogens with one attached hydrogen (secondary N) is 1. The van der Waals surface area contributed by atoms with Gasteiger partial charge in [0, 0.05) is 32.9 Å². The molecule has 0 spiro atoms. The number of methoxy groups -OCH3 is 1. The van der Waals surface area contributed by atoms with Crippen molar-refractivity contribution in [3.8, 4) is 11.5 Å². The molecule has 0 atom stereocenters. The maximum atomic E-state index is 12.1. The summed E-state index contributed by atoms with van der Waals surface area (Å²) in [5.41, 5.74) is 1.83. The summed E-state index contributed by atoms with van der Waals surface area (Å²) in [6.07, 6.45) is 6.62. The van der Waals surface area contributed by atoms with Crippen molar-refractivity contribution in [2.75, 3.05) is 32.7 Å². The number of amides is 1. The van der Waals surface area contributed by atoms with Crippen molar-refractivity contribution in [1.29, 1.82) is 0 Å². The predicted molar refractivity (Wildman–Crippen MR) is 108 cm³/mol. The van der Waals surface area contributed by atoms with Crippen LogP contribution in [0.1, 0.15) is 11.1 Å². The number of benzene rings is 1. The Labute approximate surface area is 160 Å². The van der Waals surface area contributed by atoms with E-state index in [0.29, 0.717) is 24.7 Å². The van der Waals surface area contributed by atoms with Crippen molar-refractivity contribution in [2.24, 2.45) is 0 Å². The van der Waals surface area contributed by atoms with Crippen LogP contribution in [0.4, 0.5) is 5.82 Å². The van der Waals surface area contributed by atoms with Gasteiger partial charge in [-0.3, -0.25) is 4.79 Å². The lowest BCUT2D eigenvalue weighted by atomic mass is 10.2. The van der Waals surface area contributed by atoms with Gasteiger partial charge in [0.25, 0.3) is 0 Å². The van der Waals surface area contributed by atoms with Crippen molar-refractivity contribution in [1.82, 2.24) is 10.3 Å². The van der Waals surface area contributed by atoms with E-state index in [-0.39, 0.29) is 5.91 Å². The van der Waals surface area contributed by atoms with E-state index in [0.717, 1.165) is 16.9 Å². The molecule has 0 aliphatic rings. The van der Waals surface area contributed by atoms with Crippen LogP contribution in [0, 0.1) is 0 Å². The van der Waals surface area contributed by atoms with Gasteiger partial charge in [-0.05, 0) is 41.5 Å². The molecule has 0 fully saturated rings. The summed E-state index contributed by atoms with van der Waals surface area (Å²) in [6, 6.07) is 9.30. The van der Waals surface area contributed by atoms with Gasteiger partial charge in [-0.1, -0.05) is 18.7 Å². The van der Waals surface area contributed by atoms with Gasteiger partial charge in [0.15, 0.2) is 11.5 Å². The quantitative estimate of drug-likeness (QED) is 0.545. The molecule has 6 heteroatoms. The smallest absolute Gasteiger partial charge is 0.244 e. The Morgan fingerprint density at radius 3 is 2.78 bits per heavy atom. The lowest BCUT2D eigenvalue weighted by molar-refractivity contribution is -0.116. The summed E-state index contributed by atoms with van der Waals surface area (Å²) in [5, 5.41) is 2.86. The highest BCUT2D eigenvalue weighted by Gasteiger charge is 2.05. The number of rotatable bonds is 9. The molecule has 0 bridgehead atoms. The van der Waals surface area contributed by atoms with E-state index in [1.165, 1.54) is 6.08 Å². The minimum Gasteiger partial charge on any atom is -0.493 e. The van der Waals surface area contributed by atoms with E-state index in [2.05, 4.69) is 16.9 Å². The Kier molecular flexibility index (Phi) is 7.43. The molecule has 6 nitrogen and oxygen atoms in total. The summed E-state index contributed by atoms with van der Waals surface area (Å²) < 4.78 is 10.8. The standard InChI is InChI=1S/C21H25N3O3/c1-5-12-27-18-8-6-16(13-19(18)26-4)7-9-21(25)23-15-17-10-11-22-20(14-17)24(2)3/h5-11,13-14H,1,12,15H2,2-4H3,(H,23,25). The Hall–Kier alpha value is -3.28. The Morgan fingerprint density at radius 1 is 1.26 bits per heavy atom. The van der Waals surface area contributed by atoms with E-state index < -0.39 is 0 Å². The van der Waals surface area contributed by atoms with Gasteiger partial charge in [0.2, 0.25) is 5.91 Å². The molecule has 1 heterocycles. The topological polar surface area (TPSA) is 63.7 Å². The molecular weight excluding hydrogens is 342 g/mol. The maximum Gasteiger partial charge on any atom is 0.244 e. The summed E-state index contributed by atoms with van der Waals surface area (Å²) in [5.74, 6) is 1.91. The number of nitrogens with zero attached hydrogens (tertiary/aromatic N) is 2. The molecule has 0 unspecified atom stereocenters. The van der Waals surface area contributed by atoms with Gasteiger partial charge in [0.05, 0.1) is 7.11 Å². The van der Waals surface area contributed by atoms with Crippen molar-refractivity contribution >= 4 is 17.8 Å². The van der Waals surface area contributed by atoms with Gasteiger partial charge in [-0.2, -0.15) is 0 Å². The highest BCUT2D eigenvalue weighted by Crippen LogP contribution is 2.28. The van der Waals surface area contributed by atoms with Crippen LogP contribution < -0.4 is 19.7 Å². The summed E-state index contributed by atoms with van der Waals surface area (Å²) in [4.78, 5) is 18.3. The molecule has 1 amide bonds. The number of carbonyl (C=O) groups excluding carboxylic acids is 1. The molecular formula is C21H25N3O3. The Balaban J connectivity index is 1.96. The highest BCUT2D eigenvalue weighted by molar-refractivity contribution is 5.91. The normalized spacial score (nSPS) is 10.5. The zero-order valence-electron chi connectivity index (χ0n) is 15.9. The van der Waals surface area contributed by atoms with Gasteiger partial charge in [-0.15, -0.1) is 0 Å². The van der Waals surface area contributed by atoms with Crippen molar-refractivity contribution in [3.63, 3.8) is 0 Å². The third-order valence-electron chi connectivity index (χ3n) is 3.71. The fourth-order valence-electron chi connectivity index (χ4n) is 2.29. The average Bonchev–Trinajstić information content (AvgIpc) is 2.69. The molecule has 27 heavy (non-hydrogen) atoms. The minimum atomic E-state index is -0.177. The molecule has 142 valence electrons. The van der Waals surface area contributed by atoms with E-state index in [4.69, 9.17) is 9.47 Å². The first-order valence-electron chi connectivity index (χ1n) is 8.53. The van der Waals surface area contributed by atoms with Crippen molar-refractivity contribution in [3.05, 3.63) is 66.4 Å². The lowest BCUT2D eigenvalue weighted by Crippen LogP contribution is -2.20. The molecule has 1 aromatic heterocycles. The number of pyridine rings is 1. The minimum absolute atomic E-state index is 0.177. The molecule has 2 aromatic rings. The number of hydrogen-bond donors (Lipinski definition) is 1. The molecule has 2 rings (SSSR count). The predicted octanol–water partition coefficient (Wildman–Crippen LogP) is 3.05. The van der Waals surface area contributed by atoms with Crippen LogP contribution >= 0.6 is 0 Å². The fraction of sp³-hybridized carbons (Fsp3) is 0.238. The number of hydrogen-bond acceptors (Lipinski definition) is 5. The molecule has 0 radical (unpaired) electrons. The first-order valence-corrected chi connectivity index (χ1v) is 8.53. The van der Waals surface area contributed by atoms with E-state index in [1.807, 2.05) is 43.3 Å². The summed E-state index contributed by atoms with van der Waals surface area (Å²) in [6.45, 7) is 4.46. The second-order valence-corrected chi connectivity index (χ2v) is 5.98. The van der Waals surface area contributed by atoms with Crippen LogP contribution in [-0.2, 0) is 11.3 Å². The highest BCUT2D eigenvalue weighted by atomic mass is 16.5. The van der Waals surface area contributed by atoms with Crippen LogP contribution in [0.3, 0.4) is 0 Å². The third-order valence-corrected chi connectivity index (χ3v) is 3.71. The van der Waals surface area contributed by atoms with Crippen LogP contribution in [0.25, 0.3) is 6.08 Å². The van der Waals surface area contributed by atoms with E-state index in [1.54, 1.807) is 31.5 Å². The van der Waals surface area contributed by atoms with Crippen molar-refractivity contribution in [2.45, 2.75) is 6.54 Å². The monoisotopic (exact) mass is 367 g/mol. The number of carbonyl (C=O) groups is 1. The van der Waals surface area contributed by atoms with Gasteiger partial charge >= 0.3 is 0 Å². The van der Waals surface area contributed by atoms with E-state index >= 15 is 0 Å². The molecule has 1 N–H and O–H groups in total. The van der Waals surface area contributed by atoms with Crippen LogP contribution in [0.15, 0.2) is 55.3 Å². The number of anilines is 1. The third kappa shape index (κ3) is 6.18. The summed E-state index contributed by atoms with van der Waals surface area (Å²) in [7, 11) is 5.43. The van der Waals surface area contributed by atoms with Crippen LogP contribution in [0.2, 0.25) is 0 Å². The zero-order chi connectivity index (χ0) is 19.6. The molecule has 0 saturated heterocycles. The largest absolute Gasteiger partial charge is 0.493 e. The Morgan fingerprint density at radius 2 is 2.07 bits per heavy atom. The van der Waals surface area contributed by atoms with Crippen molar-refractivity contribution < 1.29 is 14.3 Å². The lowest BCUT2D eigenvalue weighted by Gasteiger charge is -2.12. The zero-order valence-corrected chi connectivity index (χ0v) is 15.9. The molecule has 0 aliphatic carbocycles. The number of ether oxygens (including phenoxy) is 2. The molecule has 0 saturated carbocycles. The first-order chi connectivity index (χ1) is 13.0. The molecule has 1 aromatic carbocycles. The second-order valence-electron chi connectivity index (χ2n) is 5.98. The SMILES string of the molecule is C=CCOc1ccc(C=CC(=O)NCc2ccnc(N(C)C)c2)cc1OC. The van der Waals surface area contributed by atoms with Gasteiger partial charge in [-0.25, -0.2) is 4.98 Å². The van der Waals surface area contributed by atoms with Gasteiger partial charge in [0.1, 0.15) is 12.4 Å². The van der Waals surface area contributed by atoms with Crippen LogP contribution in [-0.4, -0.2) is 38.7 Å². The summed E-state index contributed by atoms with van der Waals surface area (Å²) >= 11 is 0. The number of aromatic nitrogens is 1. The first kappa shape index (κ1) is 20.0.